The summed E-state index contributed by atoms with van der Waals surface area (Å²) in [4.78, 5) is 10.7. The second-order valence-electron chi connectivity index (χ2n) is 4.25. The van der Waals surface area contributed by atoms with Crippen LogP contribution < -0.4 is 5.73 Å². The van der Waals surface area contributed by atoms with Crippen molar-refractivity contribution in [2.45, 2.75) is 33.0 Å². The van der Waals surface area contributed by atoms with E-state index in [1.807, 2.05) is 0 Å². The van der Waals surface area contributed by atoms with Gasteiger partial charge in [0, 0.05) is 0 Å². The van der Waals surface area contributed by atoms with E-state index in [9.17, 15) is 18.0 Å². The average molecular weight is 213 g/mol. The molecule has 0 saturated carbocycles. The lowest BCUT2D eigenvalue weighted by molar-refractivity contribution is -0.181. The highest BCUT2D eigenvalue weighted by molar-refractivity contribution is 5.72. The fourth-order valence-corrected chi connectivity index (χ4v) is 1.25. The average Bonchev–Trinajstić information content (AvgIpc) is 1.79. The maximum Gasteiger partial charge on any atom is 0.404 e. The van der Waals surface area contributed by atoms with Gasteiger partial charge >= 0.3 is 12.1 Å². The maximum absolute atomic E-state index is 12.2. The lowest BCUT2D eigenvalue weighted by Crippen LogP contribution is -2.51. The first-order valence-corrected chi connectivity index (χ1v) is 4.03. The SMILES string of the molecule is CC(C)(C)[C@H](C(=O)O)[C@H](N)C(F)(F)F. The molecule has 3 nitrogen and oxygen atoms in total. The molecule has 0 aliphatic rings. The van der Waals surface area contributed by atoms with Gasteiger partial charge in [-0.1, -0.05) is 20.8 Å². The van der Waals surface area contributed by atoms with Crippen LogP contribution in [-0.2, 0) is 4.79 Å². The molecule has 2 atom stereocenters. The van der Waals surface area contributed by atoms with E-state index >= 15 is 0 Å². The molecule has 0 aromatic heterocycles. The molecular formula is C8H14F3NO2. The second kappa shape index (κ2) is 3.76. The molecule has 6 heteroatoms. The Bertz CT molecular complexity index is 220. The van der Waals surface area contributed by atoms with Gasteiger partial charge in [-0.2, -0.15) is 13.2 Å². The fourth-order valence-electron chi connectivity index (χ4n) is 1.25. The molecule has 0 aromatic carbocycles. The van der Waals surface area contributed by atoms with Crippen molar-refractivity contribution < 1.29 is 23.1 Å². The van der Waals surface area contributed by atoms with Crippen LogP contribution in [0.15, 0.2) is 0 Å². The monoisotopic (exact) mass is 213 g/mol. The van der Waals surface area contributed by atoms with Gasteiger partial charge in [-0.3, -0.25) is 4.79 Å². The standard InChI is InChI=1S/C8H14F3NO2/c1-7(2,3)4(6(13)14)5(12)8(9,10)11/h4-5H,12H2,1-3H3,(H,13,14)/t4-,5-/m0/s1. The zero-order valence-corrected chi connectivity index (χ0v) is 8.22. The van der Waals surface area contributed by atoms with Crippen LogP contribution in [0.4, 0.5) is 13.2 Å². The van der Waals surface area contributed by atoms with Crippen LogP contribution in [0.3, 0.4) is 0 Å². The van der Waals surface area contributed by atoms with Crippen LogP contribution in [0, 0.1) is 11.3 Å². The molecule has 14 heavy (non-hydrogen) atoms. The number of aliphatic carboxylic acids is 1. The minimum atomic E-state index is -4.68. The lowest BCUT2D eigenvalue weighted by Gasteiger charge is -2.32. The van der Waals surface area contributed by atoms with Crippen LogP contribution >= 0.6 is 0 Å². The first-order valence-electron chi connectivity index (χ1n) is 4.03. The van der Waals surface area contributed by atoms with Gasteiger partial charge in [0.1, 0.15) is 6.04 Å². The molecule has 0 aliphatic heterocycles. The number of carboxylic acid groups (broad SMARTS) is 1. The van der Waals surface area contributed by atoms with E-state index in [1.165, 1.54) is 20.8 Å². The lowest BCUT2D eigenvalue weighted by atomic mass is 9.76. The summed E-state index contributed by atoms with van der Waals surface area (Å²) in [6.45, 7) is 4.24. The van der Waals surface area contributed by atoms with Gasteiger partial charge in [0.15, 0.2) is 0 Å². The highest BCUT2D eigenvalue weighted by atomic mass is 19.4. The summed E-state index contributed by atoms with van der Waals surface area (Å²) in [5.41, 5.74) is 3.85. The Balaban J connectivity index is 4.96. The van der Waals surface area contributed by atoms with Gasteiger partial charge < -0.3 is 10.8 Å². The summed E-state index contributed by atoms with van der Waals surface area (Å²) >= 11 is 0. The van der Waals surface area contributed by atoms with E-state index in [1.54, 1.807) is 0 Å². The molecular weight excluding hydrogens is 199 g/mol. The summed E-state index contributed by atoms with van der Waals surface area (Å²) in [6, 6.07) is -2.33. The highest BCUT2D eigenvalue weighted by Crippen LogP contribution is 2.35. The molecule has 0 rings (SSSR count). The molecule has 0 aromatic rings. The van der Waals surface area contributed by atoms with Gasteiger partial charge in [-0.15, -0.1) is 0 Å². The predicted molar refractivity (Wildman–Crippen MR) is 44.6 cm³/mol. The first-order chi connectivity index (χ1) is 5.98. The smallest absolute Gasteiger partial charge is 0.404 e. The van der Waals surface area contributed by atoms with Crippen LogP contribution in [0.1, 0.15) is 20.8 Å². The van der Waals surface area contributed by atoms with E-state index in [0.29, 0.717) is 0 Å². The molecule has 0 spiro atoms. The van der Waals surface area contributed by atoms with Gasteiger partial charge in [0.2, 0.25) is 0 Å². The van der Waals surface area contributed by atoms with E-state index in [0.717, 1.165) is 0 Å². The van der Waals surface area contributed by atoms with E-state index in [2.05, 4.69) is 0 Å². The van der Waals surface area contributed by atoms with Crippen LogP contribution in [-0.4, -0.2) is 23.3 Å². The molecule has 0 amide bonds. The third-order valence-electron chi connectivity index (χ3n) is 1.94. The van der Waals surface area contributed by atoms with Crippen molar-refractivity contribution in [2.24, 2.45) is 17.1 Å². The zero-order chi connectivity index (χ0) is 11.7. The normalized spacial score (nSPS) is 17.6. The Hall–Kier alpha value is -0.780. The molecule has 0 radical (unpaired) electrons. The summed E-state index contributed by atoms with van der Waals surface area (Å²) in [5.74, 6) is -3.16. The Labute approximate surface area is 80.1 Å². The summed E-state index contributed by atoms with van der Waals surface area (Å²) < 4.78 is 36.6. The minimum Gasteiger partial charge on any atom is -0.481 e. The number of rotatable bonds is 2. The molecule has 0 unspecified atom stereocenters. The highest BCUT2D eigenvalue weighted by Gasteiger charge is 2.49. The molecule has 0 bridgehead atoms. The number of hydrogen-bond acceptors (Lipinski definition) is 2. The maximum atomic E-state index is 12.2. The number of nitrogens with two attached hydrogens (primary N) is 1. The van der Waals surface area contributed by atoms with Crippen LogP contribution in [0.5, 0.6) is 0 Å². The Morgan fingerprint density at radius 2 is 1.64 bits per heavy atom. The molecule has 0 fully saturated rings. The van der Waals surface area contributed by atoms with E-state index in [-0.39, 0.29) is 0 Å². The zero-order valence-electron chi connectivity index (χ0n) is 8.22. The van der Waals surface area contributed by atoms with Gasteiger partial charge in [0.05, 0.1) is 5.92 Å². The van der Waals surface area contributed by atoms with Crippen molar-refractivity contribution in [1.82, 2.24) is 0 Å². The molecule has 84 valence electrons. The fraction of sp³-hybridized carbons (Fsp3) is 0.875. The number of hydrogen-bond donors (Lipinski definition) is 2. The first kappa shape index (κ1) is 13.2. The predicted octanol–water partition coefficient (Wildman–Crippen LogP) is 1.62. The van der Waals surface area contributed by atoms with Gasteiger partial charge in [-0.25, -0.2) is 0 Å². The van der Waals surface area contributed by atoms with Crippen molar-refractivity contribution >= 4 is 5.97 Å². The molecule has 3 N–H and O–H groups in total. The van der Waals surface area contributed by atoms with Crippen molar-refractivity contribution in [1.29, 1.82) is 0 Å². The number of halogens is 3. The largest absolute Gasteiger partial charge is 0.481 e. The summed E-state index contributed by atoms with van der Waals surface area (Å²) in [7, 11) is 0. The van der Waals surface area contributed by atoms with E-state index < -0.39 is 29.5 Å². The summed E-state index contributed by atoms with van der Waals surface area (Å²) in [6.07, 6.45) is -4.68. The van der Waals surface area contributed by atoms with Gasteiger partial charge in [0.25, 0.3) is 0 Å². The second-order valence-corrected chi connectivity index (χ2v) is 4.25. The summed E-state index contributed by atoms with van der Waals surface area (Å²) in [5, 5.41) is 8.66. The molecule has 0 saturated heterocycles. The van der Waals surface area contributed by atoms with Crippen molar-refractivity contribution in [3.8, 4) is 0 Å². The quantitative estimate of drug-likeness (QED) is 0.732. The van der Waals surface area contributed by atoms with Crippen molar-refractivity contribution in [3.63, 3.8) is 0 Å². The number of alkyl halides is 3. The Morgan fingerprint density at radius 1 is 1.29 bits per heavy atom. The molecule has 0 heterocycles. The van der Waals surface area contributed by atoms with Crippen LogP contribution in [0.25, 0.3) is 0 Å². The third kappa shape index (κ3) is 3.17. The van der Waals surface area contributed by atoms with Crippen molar-refractivity contribution in [2.75, 3.05) is 0 Å². The van der Waals surface area contributed by atoms with Crippen LogP contribution in [0.2, 0.25) is 0 Å². The third-order valence-corrected chi connectivity index (χ3v) is 1.94. The topological polar surface area (TPSA) is 63.3 Å². The number of carboxylic acids is 1. The molecule has 0 aliphatic carbocycles. The minimum absolute atomic E-state index is 1.03. The Morgan fingerprint density at radius 3 is 1.71 bits per heavy atom. The van der Waals surface area contributed by atoms with E-state index in [4.69, 9.17) is 10.8 Å². The van der Waals surface area contributed by atoms with Crippen molar-refractivity contribution in [3.05, 3.63) is 0 Å². The Kier molecular flexibility index (Phi) is 3.55. The van der Waals surface area contributed by atoms with Gasteiger partial charge in [-0.05, 0) is 5.41 Å². The number of carbonyl (C=O) groups is 1.